The lowest BCUT2D eigenvalue weighted by Crippen LogP contribution is -2.21. The van der Waals surface area contributed by atoms with Crippen molar-refractivity contribution in [2.75, 3.05) is 21.3 Å². The van der Waals surface area contributed by atoms with Gasteiger partial charge < -0.3 is 24.7 Å². The van der Waals surface area contributed by atoms with Gasteiger partial charge in [-0.3, -0.25) is 10.1 Å². The van der Waals surface area contributed by atoms with E-state index < -0.39 is 5.92 Å². The second kappa shape index (κ2) is 7.67. The van der Waals surface area contributed by atoms with Crippen molar-refractivity contribution >= 4 is 0 Å². The van der Waals surface area contributed by atoms with Gasteiger partial charge in [0.15, 0.2) is 11.5 Å². The van der Waals surface area contributed by atoms with Gasteiger partial charge in [0, 0.05) is 29.6 Å². The first kappa shape index (κ1) is 19.1. The maximum atomic E-state index is 9.90. The van der Waals surface area contributed by atoms with Crippen molar-refractivity contribution in [3.63, 3.8) is 0 Å². The molecule has 0 spiro atoms. The monoisotopic (exact) mass is 405 g/mol. The van der Waals surface area contributed by atoms with E-state index in [1.54, 1.807) is 38.7 Å². The van der Waals surface area contributed by atoms with Gasteiger partial charge in [-0.05, 0) is 18.2 Å². The van der Waals surface area contributed by atoms with Crippen LogP contribution >= 0.6 is 0 Å². The van der Waals surface area contributed by atoms with Gasteiger partial charge in [0.1, 0.15) is 17.4 Å². The minimum atomic E-state index is -0.609. The van der Waals surface area contributed by atoms with Crippen molar-refractivity contribution in [1.82, 2.24) is 15.2 Å². The number of nitrogens with two attached hydrogens (primary N) is 1. The molecule has 0 fully saturated rings. The Hall–Kier alpha value is -4.19. The summed E-state index contributed by atoms with van der Waals surface area (Å²) in [7, 11) is 4.62. The smallest absolute Gasteiger partial charge is 0.244 e. The third kappa shape index (κ3) is 2.95. The standard InChI is InChI=1S/C21H19N5O4/c1-27-14-8-16(29-3)15(28-2)7-12(14)17-13(9-22)20(23)30-21-18(17)19(25-26-21)11-5-4-6-24-10-11/h4-8,10,17H,23H2,1-3H3,(H,25,26)/t17-/m1/s1. The third-order valence-corrected chi connectivity index (χ3v) is 4.94. The second-order valence-corrected chi connectivity index (χ2v) is 6.43. The van der Waals surface area contributed by atoms with E-state index in [9.17, 15) is 5.26 Å². The summed E-state index contributed by atoms with van der Waals surface area (Å²) >= 11 is 0. The first-order valence-corrected chi connectivity index (χ1v) is 8.99. The fourth-order valence-corrected chi connectivity index (χ4v) is 3.57. The number of pyridine rings is 1. The molecule has 1 aliphatic rings. The molecule has 1 aromatic carbocycles. The lowest BCUT2D eigenvalue weighted by atomic mass is 9.82. The Balaban J connectivity index is 2.01. The Kier molecular flexibility index (Phi) is 4.90. The molecule has 3 heterocycles. The molecule has 152 valence electrons. The van der Waals surface area contributed by atoms with E-state index in [0.717, 1.165) is 5.56 Å². The number of ether oxygens (including phenoxy) is 4. The van der Waals surface area contributed by atoms with Gasteiger partial charge in [-0.15, -0.1) is 5.10 Å². The second-order valence-electron chi connectivity index (χ2n) is 6.43. The Morgan fingerprint density at radius 1 is 1.13 bits per heavy atom. The maximum absolute atomic E-state index is 9.90. The summed E-state index contributed by atoms with van der Waals surface area (Å²) in [6, 6.07) is 9.35. The van der Waals surface area contributed by atoms with Gasteiger partial charge >= 0.3 is 0 Å². The largest absolute Gasteiger partial charge is 0.496 e. The molecule has 9 nitrogen and oxygen atoms in total. The number of aromatic nitrogens is 3. The van der Waals surface area contributed by atoms with Crippen LogP contribution in [0.3, 0.4) is 0 Å². The average molecular weight is 405 g/mol. The highest BCUT2D eigenvalue weighted by Crippen LogP contribution is 2.49. The van der Waals surface area contributed by atoms with Crippen molar-refractivity contribution < 1.29 is 18.9 Å². The minimum Gasteiger partial charge on any atom is -0.496 e. The normalized spacial score (nSPS) is 15.1. The van der Waals surface area contributed by atoms with Gasteiger partial charge in [-0.1, -0.05) is 0 Å². The molecule has 0 amide bonds. The first-order chi connectivity index (χ1) is 14.6. The summed E-state index contributed by atoms with van der Waals surface area (Å²) in [5.41, 5.74) is 9.07. The summed E-state index contributed by atoms with van der Waals surface area (Å²) in [5.74, 6) is 1.15. The van der Waals surface area contributed by atoms with Crippen LogP contribution in [0.25, 0.3) is 11.3 Å². The molecule has 3 aromatic rings. The van der Waals surface area contributed by atoms with E-state index in [1.807, 2.05) is 12.1 Å². The molecule has 0 saturated carbocycles. The van der Waals surface area contributed by atoms with E-state index in [1.165, 1.54) is 7.11 Å². The van der Waals surface area contributed by atoms with Crippen molar-refractivity contribution in [3.8, 4) is 40.5 Å². The van der Waals surface area contributed by atoms with Crippen LogP contribution in [0.5, 0.6) is 23.1 Å². The van der Waals surface area contributed by atoms with Crippen molar-refractivity contribution in [2.24, 2.45) is 5.73 Å². The number of rotatable bonds is 5. The fraction of sp³-hybridized carbons (Fsp3) is 0.190. The summed E-state index contributed by atoms with van der Waals surface area (Å²) in [6.07, 6.45) is 3.38. The third-order valence-electron chi connectivity index (χ3n) is 4.94. The number of aromatic amines is 1. The average Bonchev–Trinajstić information content (AvgIpc) is 3.21. The zero-order valence-corrected chi connectivity index (χ0v) is 16.6. The number of nitrogens with one attached hydrogen (secondary N) is 1. The van der Waals surface area contributed by atoms with Gasteiger partial charge in [0.05, 0.1) is 38.5 Å². The number of methoxy groups -OCH3 is 3. The Morgan fingerprint density at radius 3 is 2.50 bits per heavy atom. The summed E-state index contributed by atoms with van der Waals surface area (Å²) in [6.45, 7) is 0. The van der Waals surface area contributed by atoms with E-state index in [-0.39, 0.29) is 17.3 Å². The van der Waals surface area contributed by atoms with E-state index in [2.05, 4.69) is 21.3 Å². The van der Waals surface area contributed by atoms with Crippen LogP contribution < -0.4 is 24.7 Å². The van der Waals surface area contributed by atoms with Crippen LogP contribution in [0.2, 0.25) is 0 Å². The molecule has 9 heteroatoms. The molecular formula is C21H19N5O4. The highest BCUT2D eigenvalue weighted by atomic mass is 16.5. The Morgan fingerprint density at radius 2 is 1.87 bits per heavy atom. The van der Waals surface area contributed by atoms with Crippen LogP contribution in [0.1, 0.15) is 17.0 Å². The molecule has 30 heavy (non-hydrogen) atoms. The molecule has 2 aromatic heterocycles. The lowest BCUT2D eigenvalue weighted by molar-refractivity contribution is 0.346. The number of fused-ring (bicyclic) bond motifs is 1. The molecule has 0 unspecified atom stereocenters. The summed E-state index contributed by atoms with van der Waals surface area (Å²) in [5, 5.41) is 17.1. The summed E-state index contributed by atoms with van der Waals surface area (Å²) in [4.78, 5) is 4.17. The number of hydrogen-bond acceptors (Lipinski definition) is 8. The quantitative estimate of drug-likeness (QED) is 0.663. The van der Waals surface area contributed by atoms with E-state index in [4.69, 9.17) is 24.7 Å². The molecule has 0 aliphatic carbocycles. The SMILES string of the molecule is COc1cc(OC)c([C@@H]2C(C#N)=C(N)Oc3n[nH]c(-c4cccnc4)c32)cc1OC. The molecule has 1 atom stereocenters. The van der Waals surface area contributed by atoms with Gasteiger partial charge in [0.2, 0.25) is 11.8 Å². The van der Waals surface area contributed by atoms with Crippen LogP contribution in [0.15, 0.2) is 48.1 Å². The van der Waals surface area contributed by atoms with E-state index >= 15 is 0 Å². The summed E-state index contributed by atoms with van der Waals surface area (Å²) < 4.78 is 22.1. The van der Waals surface area contributed by atoms with Crippen LogP contribution in [0, 0.1) is 11.3 Å². The van der Waals surface area contributed by atoms with Crippen molar-refractivity contribution in [3.05, 3.63) is 59.2 Å². The lowest BCUT2D eigenvalue weighted by Gasteiger charge is -2.26. The zero-order chi connectivity index (χ0) is 21.3. The van der Waals surface area contributed by atoms with Gasteiger partial charge in [0.25, 0.3) is 0 Å². The zero-order valence-electron chi connectivity index (χ0n) is 16.6. The molecule has 4 rings (SSSR count). The number of nitrogens with zero attached hydrogens (tertiary/aromatic N) is 3. The number of nitriles is 1. The topological polar surface area (TPSA) is 128 Å². The minimum absolute atomic E-state index is 0.0175. The van der Waals surface area contributed by atoms with Crippen molar-refractivity contribution in [2.45, 2.75) is 5.92 Å². The number of H-pyrrole nitrogens is 1. The highest BCUT2D eigenvalue weighted by Gasteiger charge is 2.37. The van der Waals surface area contributed by atoms with Crippen molar-refractivity contribution in [1.29, 1.82) is 5.26 Å². The molecule has 1 aliphatic heterocycles. The number of benzene rings is 1. The molecule has 0 radical (unpaired) electrons. The van der Waals surface area contributed by atoms with Crippen LogP contribution in [-0.4, -0.2) is 36.5 Å². The maximum Gasteiger partial charge on any atom is 0.244 e. The van der Waals surface area contributed by atoms with E-state index in [0.29, 0.717) is 34.1 Å². The Labute approximate surface area is 172 Å². The number of hydrogen-bond donors (Lipinski definition) is 2. The molecule has 3 N–H and O–H groups in total. The molecule has 0 saturated heterocycles. The molecular weight excluding hydrogens is 386 g/mol. The fourth-order valence-electron chi connectivity index (χ4n) is 3.57. The predicted molar refractivity (Wildman–Crippen MR) is 107 cm³/mol. The van der Waals surface area contributed by atoms with Crippen LogP contribution in [-0.2, 0) is 0 Å². The molecule has 0 bridgehead atoms. The Bertz CT molecular complexity index is 1160. The highest BCUT2D eigenvalue weighted by molar-refractivity contribution is 5.71. The predicted octanol–water partition coefficient (Wildman–Crippen LogP) is 2.72. The van der Waals surface area contributed by atoms with Gasteiger partial charge in [-0.25, -0.2) is 0 Å². The first-order valence-electron chi connectivity index (χ1n) is 8.99. The number of allylic oxidation sites excluding steroid dienone is 1. The van der Waals surface area contributed by atoms with Crippen LogP contribution in [0.4, 0.5) is 0 Å². The van der Waals surface area contributed by atoms with Gasteiger partial charge in [-0.2, -0.15) is 5.26 Å².